The molecule has 0 saturated heterocycles. The molecule has 0 radical (unpaired) electrons. The molecule has 0 aromatic carbocycles. The summed E-state index contributed by atoms with van der Waals surface area (Å²) in [6, 6.07) is 2.13. The molecule has 1 amide bonds. The molecule has 1 saturated carbocycles. The average molecular weight is 256 g/mol. The lowest BCUT2D eigenvalue weighted by Gasteiger charge is -2.39. The van der Waals surface area contributed by atoms with E-state index in [0.717, 1.165) is 0 Å². The molecule has 17 heavy (non-hydrogen) atoms. The third-order valence-electron chi connectivity index (χ3n) is 3.45. The van der Waals surface area contributed by atoms with Gasteiger partial charge in [-0.2, -0.15) is 5.26 Å². The van der Waals surface area contributed by atoms with Crippen LogP contribution in [0.3, 0.4) is 0 Å². The second-order valence-electron chi connectivity index (χ2n) is 5.06. The van der Waals surface area contributed by atoms with E-state index in [-0.39, 0.29) is 11.2 Å². The fraction of sp³-hybridized carbons (Fsp3) is 0.833. The quantitative estimate of drug-likeness (QED) is 0.803. The Morgan fingerprint density at radius 2 is 2.24 bits per heavy atom. The van der Waals surface area contributed by atoms with Crippen LogP contribution in [0.15, 0.2) is 0 Å². The first-order valence-corrected chi connectivity index (χ1v) is 7.55. The molecule has 1 aliphatic carbocycles. The highest BCUT2D eigenvalue weighted by molar-refractivity contribution is 7.84. The molecule has 0 aliphatic heterocycles. The zero-order valence-electron chi connectivity index (χ0n) is 10.7. The molecule has 5 heteroatoms. The lowest BCUT2D eigenvalue weighted by atomic mass is 9.63. The van der Waals surface area contributed by atoms with Gasteiger partial charge in [0, 0.05) is 28.9 Å². The summed E-state index contributed by atoms with van der Waals surface area (Å²) in [5.74, 6) is 0.301. The molecular weight excluding hydrogens is 236 g/mol. The van der Waals surface area contributed by atoms with Crippen molar-refractivity contribution < 1.29 is 9.00 Å². The van der Waals surface area contributed by atoms with Crippen LogP contribution >= 0.6 is 0 Å². The molecule has 1 fully saturated rings. The van der Waals surface area contributed by atoms with Crippen molar-refractivity contribution in [2.75, 3.05) is 12.8 Å². The van der Waals surface area contributed by atoms with E-state index in [1.165, 1.54) is 0 Å². The first kappa shape index (κ1) is 14.2. The maximum atomic E-state index is 11.9. The molecule has 4 nitrogen and oxygen atoms in total. The third kappa shape index (κ3) is 3.29. The number of carbonyl (C=O) groups excluding carboxylic acids is 1. The van der Waals surface area contributed by atoms with Crippen molar-refractivity contribution in [1.29, 1.82) is 5.26 Å². The van der Waals surface area contributed by atoms with E-state index in [9.17, 15) is 9.00 Å². The van der Waals surface area contributed by atoms with E-state index in [0.29, 0.717) is 31.7 Å². The van der Waals surface area contributed by atoms with Crippen LogP contribution in [0.4, 0.5) is 0 Å². The van der Waals surface area contributed by atoms with E-state index in [4.69, 9.17) is 5.26 Å². The Balaban J connectivity index is 2.36. The van der Waals surface area contributed by atoms with Crippen molar-refractivity contribution >= 4 is 16.7 Å². The van der Waals surface area contributed by atoms with Crippen LogP contribution in [0.1, 0.15) is 33.1 Å². The molecule has 1 N–H and O–H groups in total. The topological polar surface area (TPSA) is 70.0 Å². The monoisotopic (exact) mass is 256 g/mol. The van der Waals surface area contributed by atoms with Crippen LogP contribution in [-0.4, -0.2) is 28.2 Å². The first-order valence-electron chi connectivity index (χ1n) is 5.93. The maximum Gasteiger partial charge on any atom is 0.240 e. The van der Waals surface area contributed by atoms with Gasteiger partial charge in [0.25, 0.3) is 0 Å². The summed E-state index contributed by atoms with van der Waals surface area (Å²) in [6.45, 7) is 4.44. The van der Waals surface area contributed by atoms with Crippen molar-refractivity contribution in [1.82, 2.24) is 5.32 Å². The van der Waals surface area contributed by atoms with Crippen LogP contribution in [0.5, 0.6) is 0 Å². The van der Waals surface area contributed by atoms with Crippen molar-refractivity contribution in [2.45, 2.75) is 38.4 Å². The number of nitriles is 1. The number of hydrogen-bond donors (Lipinski definition) is 1. The summed E-state index contributed by atoms with van der Waals surface area (Å²) >= 11 is 0. The largest absolute Gasteiger partial charge is 0.355 e. The standard InChI is InChI=1S/C12H20N2O2S/c1-9-6-12(7-9,8-13)11(15)14-5-4-10(2)17(3)16/h9-10H,4-7H2,1-3H3,(H,14,15). The summed E-state index contributed by atoms with van der Waals surface area (Å²) in [5, 5.41) is 11.9. The predicted molar refractivity (Wildman–Crippen MR) is 67.6 cm³/mol. The van der Waals surface area contributed by atoms with E-state index in [1.54, 1.807) is 6.26 Å². The van der Waals surface area contributed by atoms with Gasteiger partial charge < -0.3 is 5.32 Å². The average Bonchev–Trinajstić information content (AvgIpc) is 2.23. The zero-order chi connectivity index (χ0) is 13.1. The Morgan fingerprint density at radius 3 is 2.65 bits per heavy atom. The van der Waals surface area contributed by atoms with Crippen molar-refractivity contribution in [3.63, 3.8) is 0 Å². The summed E-state index contributed by atoms with van der Waals surface area (Å²) in [7, 11) is -0.858. The van der Waals surface area contributed by atoms with Gasteiger partial charge in [-0.1, -0.05) is 13.8 Å². The summed E-state index contributed by atoms with van der Waals surface area (Å²) in [6.07, 6.45) is 3.66. The minimum absolute atomic E-state index is 0.0775. The van der Waals surface area contributed by atoms with Gasteiger partial charge in [-0.05, 0) is 25.2 Å². The molecule has 0 spiro atoms. The Kier molecular flexibility index (Phi) is 4.70. The predicted octanol–water partition coefficient (Wildman–Crippen LogP) is 1.20. The third-order valence-corrected chi connectivity index (χ3v) is 4.81. The molecule has 1 rings (SSSR count). The fourth-order valence-electron chi connectivity index (χ4n) is 2.18. The van der Waals surface area contributed by atoms with Gasteiger partial charge >= 0.3 is 0 Å². The van der Waals surface area contributed by atoms with E-state index in [1.807, 2.05) is 13.8 Å². The van der Waals surface area contributed by atoms with E-state index in [2.05, 4.69) is 11.4 Å². The number of hydrogen-bond acceptors (Lipinski definition) is 3. The van der Waals surface area contributed by atoms with Gasteiger partial charge in [-0.15, -0.1) is 0 Å². The molecule has 0 bridgehead atoms. The summed E-state index contributed by atoms with van der Waals surface area (Å²) in [4.78, 5) is 11.9. The summed E-state index contributed by atoms with van der Waals surface area (Å²) < 4.78 is 11.1. The lowest BCUT2D eigenvalue weighted by molar-refractivity contribution is -0.133. The highest BCUT2D eigenvalue weighted by Gasteiger charge is 2.48. The number of amides is 1. The van der Waals surface area contributed by atoms with Crippen LogP contribution in [0, 0.1) is 22.7 Å². The van der Waals surface area contributed by atoms with Gasteiger partial charge in [-0.25, -0.2) is 0 Å². The number of nitrogens with zero attached hydrogens (tertiary/aromatic N) is 1. The Morgan fingerprint density at radius 1 is 1.65 bits per heavy atom. The van der Waals surface area contributed by atoms with Gasteiger partial charge in [-0.3, -0.25) is 9.00 Å². The summed E-state index contributed by atoms with van der Waals surface area (Å²) in [5.41, 5.74) is -0.798. The molecule has 2 atom stereocenters. The van der Waals surface area contributed by atoms with Gasteiger partial charge in [0.1, 0.15) is 5.41 Å². The lowest BCUT2D eigenvalue weighted by Crippen LogP contribution is -2.48. The smallest absolute Gasteiger partial charge is 0.240 e. The minimum Gasteiger partial charge on any atom is -0.355 e. The fourth-order valence-corrected chi connectivity index (χ4v) is 2.63. The Bertz CT molecular complexity index is 356. The highest BCUT2D eigenvalue weighted by atomic mass is 32.2. The Labute approximate surface area is 105 Å². The number of rotatable bonds is 5. The van der Waals surface area contributed by atoms with Crippen LogP contribution < -0.4 is 5.32 Å². The maximum absolute atomic E-state index is 11.9. The van der Waals surface area contributed by atoms with Crippen LogP contribution in [0.2, 0.25) is 0 Å². The second kappa shape index (κ2) is 5.63. The Hall–Kier alpha value is -0.890. The van der Waals surface area contributed by atoms with Crippen molar-refractivity contribution in [3.8, 4) is 6.07 Å². The molecule has 2 unspecified atom stereocenters. The molecule has 0 aromatic heterocycles. The van der Waals surface area contributed by atoms with Crippen molar-refractivity contribution in [2.24, 2.45) is 11.3 Å². The normalized spacial score (nSPS) is 30.8. The van der Waals surface area contributed by atoms with Crippen molar-refractivity contribution in [3.05, 3.63) is 0 Å². The molecule has 1 aliphatic rings. The SMILES string of the molecule is CC1CC(C#N)(C(=O)NCCC(C)S(C)=O)C1. The van der Waals surface area contributed by atoms with Gasteiger partial charge in [0.05, 0.1) is 6.07 Å². The number of nitrogens with one attached hydrogen (secondary N) is 1. The van der Waals surface area contributed by atoms with E-state index >= 15 is 0 Å². The molecule has 0 heterocycles. The number of carbonyl (C=O) groups is 1. The van der Waals surface area contributed by atoms with Crippen LogP contribution in [0.25, 0.3) is 0 Å². The van der Waals surface area contributed by atoms with Crippen LogP contribution in [-0.2, 0) is 15.6 Å². The zero-order valence-corrected chi connectivity index (χ0v) is 11.5. The highest BCUT2D eigenvalue weighted by Crippen LogP contribution is 2.44. The molecule has 96 valence electrons. The van der Waals surface area contributed by atoms with Gasteiger partial charge in [0.15, 0.2) is 0 Å². The first-order chi connectivity index (χ1) is 7.91. The molecular formula is C12H20N2O2S. The second-order valence-corrected chi connectivity index (χ2v) is 6.86. The van der Waals surface area contributed by atoms with Gasteiger partial charge in [0.2, 0.25) is 5.91 Å². The minimum atomic E-state index is -0.858. The van der Waals surface area contributed by atoms with E-state index < -0.39 is 16.2 Å². The molecule has 0 aromatic rings.